The highest BCUT2D eigenvalue weighted by molar-refractivity contribution is 5.77. The van der Waals surface area contributed by atoms with Crippen LogP contribution in [0.5, 0.6) is 0 Å². The van der Waals surface area contributed by atoms with Crippen molar-refractivity contribution in [2.24, 2.45) is 7.05 Å². The number of aliphatic hydroxyl groups excluding tert-OH is 1. The molecule has 3 aromatic rings. The average molecular weight is 451 g/mol. The summed E-state index contributed by atoms with van der Waals surface area (Å²) in [6, 6.07) is 17.3. The van der Waals surface area contributed by atoms with Crippen molar-refractivity contribution in [3.63, 3.8) is 0 Å². The zero-order valence-electron chi connectivity index (χ0n) is 14.1. The van der Waals surface area contributed by atoms with Gasteiger partial charge in [-0.05, 0) is 17.7 Å². The number of amides is 1. The summed E-state index contributed by atoms with van der Waals surface area (Å²) in [5.74, 6) is -0.0710. The van der Waals surface area contributed by atoms with Crippen LogP contribution in [0, 0.1) is 0 Å². The fraction of sp³-hybridized carbons (Fsp3) is 0.263. The number of para-hydroxylation sites is 2. The van der Waals surface area contributed by atoms with Gasteiger partial charge < -0.3 is 34.4 Å². The molecule has 0 aliphatic rings. The molecule has 0 aliphatic heterocycles. The summed E-state index contributed by atoms with van der Waals surface area (Å²) in [6.45, 7) is 0.483. The minimum absolute atomic E-state index is 0. The van der Waals surface area contributed by atoms with Crippen molar-refractivity contribution in [3.05, 3.63) is 66.5 Å². The van der Waals surface area contributed by atoms with E-state index in [1.807, 2.05) is 66.5 Å². The Morgan fingerprint density at radius 1 is 1.16 bits per heavy atom. The number of benzene rings is 2. The molecular formula is C19H22IN3O2. The van der Waals surface area contributed by atoms with Gasteiger partial charge in [0.25, 0.3) is 0 Å². The molecule has 132 valence electrons. The summed E-state index contributed by atoms with van der Waals surface area (Å²) in [7, 11) is 2.00. The highest BCUT2D eigenvalue weighted by atomic mass is 127. The van der Waals surface area contributed by atoms with Crippen LogP contribution in [0.25, 0.3) is 11.0 Å². The Labute approximate surface area is 164 Å². The van der Waals surface area contributed by atoms with E-state index in [9.17, 15) is 9.90 Å². The smallest absolute Gasteiger partial charge is 0.244 e. The first-order chi connectivity index (χ1) is 11.7. The van der Waals surface area contributed by atoms with Crippen LogP contribution in [0.2, 0.25) is 0 Å². The number of rotatable bonds is 6. The molecule has 0 radical (unpaired) electrons. The molecule has 6 heteroatoms. The standard InChI is InChI=1S/C19H21N3O2.HI/c1-21-14-22(18-10-6-5-9-17(18)21)12-11-19(24)20-16(13-23)15-7-3-2-4-8-15;/h2-10,14,16,23H,11-13H2,1H3;1H/t16-;/m1./s1. The lowest BCUT2D eigenvalue weighted by molar-refractivity contribution is -0.645. The fourth-order valence-corrected chi connectivity index (χ4v) is 2.93. The number of hydrogen-bond donors (Lipinski definition) is 2. The molecular weight excluding hydrogens is 429 g/mol. The molecule has 3 rings (SSSR count). The highest BCUT2D eigenvalue weighted by Gasteiger charge is 2.16. The number of nitrogens with zero attached hydrogens (tertiary/aromatic N) is 2. The number of aryl methyl sites for hydroxylation is 2. The normalized spacial score (nSPS) is 11.8. The molecule has 25 heavy (non-hydrogen) atoms. The molecule has 1 atom stereocenters. The first kappa shape index (κ1) is 19.4. The average Bonchev–Trinajstić information content (AvgIpc) is 2.95. The van der Waals surface area contributed by atoms with Gasteiger partial charge in [-0.25, -0.2) is 9.13 Å². The third-order valence-electron chi connectivity index (χ3n) is 4.18. The van der Waals surface area contributed by atoms with Crippen LogP contribution >= 0.6 is 0 Å². The topological polar surface area (TPSA) is 58.1 Å². The van der Waals surface area contributed by atoms with Gasteiger partial charge in [0.15, 0.2) is 11.0 Å². The van der Waals surface area contributed by atoms with Crippen LogP contribution in [-0.4, -0.2) is 22.2 Å². The zero-order valence-corrected chi connectivity index (χ0v) is 16.3. The van der Waals surface area contributed by atoms with E-state index in [0.29, 0.717) is 13.0 Å². The van der Waals surface area contributed by atoms with Crippen LogP contribution in [0.3, 0.4) is 0 Å². The molecule has 1 amide bonds. The Bertz CT molecular complexity index is 833. The lowest BCUT2D eigenvalue weighted by Crippen LogP contribution is -3.00. The Balaban J connectivity index is 0.00000225. The zero-order chi connectivity index (χ0) is 16.9. The van der Waals surface area contributed by atoms with E-state index in [2.05, 4.69) is 16.0 Å². The van der Waals surface area contributed by atoms with E-state index in [4.69, 9.17) is 0 Å². The van der Waals surface area contributed by atoms with Gasteiger partial charge in [0, 0.05) is 0 Å². The van der Waals surface area contributed by atoms with Gasteiger partial charge in [-0.15, -0.1) is 0 Å². The number of aromatic nitrogens is 2. The number of fused-ring (bicyclic) bond motifs is 1. The lowest BCUT2D eigenvalue weighted by Gasteiger charge is -2.16. The third kappa shape index (κ3) is 4.58. The lowest BCUT2D eigenvalue weighted by atomic mass is 10.1. The first-order valence-electron chi connectivity index (χ1n) is 8.07. The van der Waals surface area contributed by atoms with Gasteiger partial charge in [-0.1, -0.05) is 42.5 Å². The van der Waals surface area contributed by atoms with E-state index >= 15 is 0 Å². The van der Waals surface area contributed by atoms with Crippen molar-refractivity contribution in [1.82, 2.24) is 9.88 Å². The van der Waals surface area contributed by atoms with Crippen molar-refractivity contribution < 1.29 is 38.4 Å². The van der Waals surface area contributed by atoms with Gasteiger partial charge >= 0.3 is 0 Å². The first-order valence-corrected chi connectivity index (χ1v) is 8.07. The maximum atomic E-state index is 12.3. The van der Waals surface area contributed by atoms with Crippen LogP contribution in [0.15, 0.2) is 60.9 Å². The van der Waals surface area contributed by atoms with Crippen LogP contribution in [0.4, 0.5) is 0 Å². The molecule has 0 saturated carbocycles. The minimum atomic E-state index is -0.365. The molecule has 0 spiro atoms. The molecule has 1 aromatic heterocycles. The Morgan fingerprint density at radius 2 is 1.84 bits per heavy atom. The van der Waals surface area contributed by atoms with E-state index < -0.39 is 0 Å². The monoisotopic (exact) mass is 451 g/mol. The Kier molecular flexibility index (Phi) is 6.95. The summed E-state index contributed by atoms with van der Waals surface area (Å²) in [4.78, 5) is 12.3. The summed E-state index contributed by atoms with van der Waals surface area (Å²) in [5, 5.41) is 12.4. The van der Waals surface area contributed by atoms with Gasteiger partial charge in [0.2, 0.25) is 12.2 Å². The molecule has 0 saturated heterocycles. The number of hydrogen-bond acceptors (Lipinski definition) is 2. The summed E-state index contributed by atoms with van der Waals surface area (Å²) in [5.41, 5.74) is 3.15. The number of halogens is 1. The second-order valence-electron chi connectivity index (χ2n) is 5.87. The highest BCUT2D eigenvalue weighted by Crippen LogP contribution is 2.13. The van der Waals surface area contributed by atoms with Gasteiger partial charge in [0.1, 0.15) is 0 Å². The van der Waals surface area contributed by atoms with E-state index in [1.54, 1.807) is 0 Å². The summed E-state index contributed by atoms with van der Waals surface area (Å²) in [6.07, 6.45) is 2.36. The van der Waals surface area contributed by atoms with Gasteiger partial charge in [-0.3, -0.25) is 4.79 Å². The minimum Gasteiger partial charge on any atom is -1.00 e. The summed E-state index contributed by atoms with van der Waals surface area (Å²) < 4.78 is 4.12. The van der Waals surface area contributed by atoms with Gasteiger partial charge in [0.05, 0.1) is 32.7 Å². The predicted molar refractivity (Wildman–Crippen MR) is 92.1 cm³/mol. The van der Waals surface area contributed by atoms with Crippen molar-refractivity contribution in [1.29, 1.82) is 0 Å². The fourth-order valence-electron chi connectivity index (χ4n) is 2.93. The molecule has 0 fully saturated rings. The maximum Gasteiger partial charge on any atom is 0.244 e. The quantitative estimate of drug-likeness (QED) is 0.362. The second kappa shape index (κ2) is 8.96. The van der Waals surface area contributed by atoms with Crippen LogP contribution in [-0.2, 0) is 18.4 Å². The largest absolute Gasteiger partial charge is 1.00 e. The Morgan fingerprint density at radius 3 is 2.56 bits per heavy atom. The predicted octanol–water partition coefficient (Wildman–Crippen LogP) is -1.29. The summed E-state index contributed by atoms with van der Waals surface area (Å²) >= 11 is 0. The van der Waals surface area contributed by atoms with Crippen LogP contribution in [0.1, 0.15) is 18.0 Å². The molecule has 1 heterocycles. The van der Waals surface area contributed by atoms with E-state index in [1.165, 1.54) is 0 Å². The molecule has 0 unspecified atom stereocenters. The Hall–Kier alpha value is -1.93. The van der Waals surface area contributed by atoms with E-state index in [0.717, 1.165) is 16.6 Å². The number of imidazole rings is 1. The molecule has 2 N–H and O–H groups in total. The molecule has 0 bridgehead atoms. The molecule has 0 aliphatic carbocycles. The molecule has 2 aromatic carbocycles. The SMILES string of the molecule is C[n+]1cn(CCC(=O)N[C@H](CO)c2ccccc2)c2ccccc21.[I-]. The number of carbonyl (C=O) groups excluding carboxylic acids is 1. The van der Waals surface area contributed by atoms with Crippen molar-refractivity contribution in [2.75, 3.05) is 6.61 Å². The number of carbonyl (C=O) groups is 1. The van der Waals surface area contributed by atoms with Crippen molar-refractivity contribution in [2.45, 2.75) is 19.0 Å². The molecule has 5 nitrogen and oxygen atoms in total. The second-order valence-corrected chi connectivity index (χ2v) is 5.87. The maximum absolute atomic E-state index is 12.3. The van der Waals surface area contributed by atoms with Crippen LogP contribution < -0.4 is 33.9 Å². The number of nitrogens with one attached hydrogen (secondary N) is 1. The van der Waals surface area contributed by atoms with E-state index in [-0.39, 0.29) is 42.5 Å². The number of aliphatic hydroxyl groups is 1. The van der Waals surface area contributed by atoms with Crippen molar-refractivity contribution >= 4 is 16.9 Å². The third-order valence-corrected chi connectivity index (χ3v) is 4.18. The van der Waals surface area contributed by atoms with Crippen molar-refractivity contribution in [3.8, 4) is 0 Å². The van der Waals surface area contributed by atoms with Gasteiger partial charge in [-0.2, -0.15) is 0 Å².